The third-order valence-electron chi connectivity index (χ3n) is 6.00. The fourth-order valence-corrected chi connectivity index (χ4v) is 4.79. The molecule has 1 aromatic heterocycles. The Morgan fingerprint density at radius 3 is 2.94 bits per heavy atom. The van der Waals surface area contributed by atoms with Crippen molar-refractivity contribution in [3.8, 4) is 11.1 Å². The minimum absolute atomic E-state index is 0.0379. The summed E-state index contributed by atoms with van der Waals surface area (Å²) in [4.78, 5) is 26.2. The van der Waals surface area contributed by atoms with Gasteiger partial charge in [0.05, 0.1) is 28.5 Å². The van der Waals surface area contributed by atoms with Gasteiger partial charge >= 0.3 is 12.1 Å². The third kappa shape index (κ3) is 3.20. The third-order valence-corrected chi connectivity index (χ3v) is 6.32. The van der Waals surface area contributed by atoms with E-state index in [4.69, 9.17) is 16.2 Å². The molecule has 12 heteroatoms. The van der Waals surface area contributed by atoms with Crippen LogP contribution >= 0.6 is 11.6 Å². The lowest BCUT2D eigenvalue weighted by Crippen LogP contribution is -2.55. The van der Waals surface area contributed by atoms with E-state index in [9.17, 15) is 14.0 Å². The Hall–Kier alpha value is -3.99. The quantitative estimate of drug-likeness (QED) is 0.531. The second kappa shape index (κ2) is 7.27. The second-order valence-electron chi connectivity index (χ2n) is 7.92. The number of amides is 4. The summed E-state index contributed by atoms with van der Waals surface area (Å²) in [7, 11) is 0. The Balaban J connectivity index is 1.27. The Kier molecular flexibility index (Phi) is 4.34. The first-order chi connectivity index (χ1) is 16.0. The smallest absolute Gasteiger partial charge is 0.309 e. The molecular formula is C21H15ClFN7O3. The van der Waals surface area contributed by atoms with Crippen LogP contribution in [0.1, 0.15) is 12.8 Å². The number of fused-ring (bicyclic) bond motifs is 5. The van der Waals surface area contributed by atoms with Crippen LogP contribution < -0.4 is 16.1 Å². The summed E-state index contributed by atoms with van der Waals surface area (Å²) in [5.41, 5.74) is 5.68. The van der Waals surface area contributed by atoms with E-state index in [1.165, 1.54) is 12.1 Å². The Morgan fingerprint density at radius 1 is 1.21 bits per heavy atom. The van der Waals surface area contributed by atoms with E-state index in [2.05, 4.69) is 31.5 Å². The molecule has 1 fully saturated rings. The molecule has 33 heavy (non-hydrogen) atoms. The molecule has 6 rings (SSSR count). The van der Waals surface area contributed by atoms with Crippen molar-refractivity contribution in [3.05, 3.63) is 52.9 Å². The Morgan fingerprint density at radius 2 is 2.06 bits per heavy atom. The van der Waals surface area contributed by atoms with Crippen molar-refractivity contribution >= 4 is 46.1 Å². The molecule has 3 aliphatic heterocycles. The molecule has 2 bridgehead atoms. The van der Waals surface area contributed by atoms with Crippen LogP contribution in [0.3, 0.4) is 0 Å². The topological polar surface area (TPSA) is 125 Å². The average molecular weight is 468 g/mol. The summed E-state index contributed by atoms with van der Waals surface area (Å²) in [5, 5.41) is 17.2. The summed E-state index contributed by atoms with van der Waals surface area (Å²) >= 11 is 6.44. The van der Waals surface area contributed by atoms with E-state index in [-0.39, 0.29) is 22.8 Å². The van der Waals surface area contributed by atoms with E-state index >= 15 is 0 Å². The van der Waals surface area contributed by atoms with Crippen LogP contribution in [0.25, 0.3) is 22.2 Å². The lowest BCUT2D eigenvalue weighted by Gasteiger charge is -2.36. The summed E-state index contributed by atoms with van der Waals surface area (Å²) in [6.07, 6.45) is 3.18. The van der Waals surface area contributed by atoms with Crippen molar-refractivity contribution in [3.63, 3.8) is 0 Å². The number of carbonyl (C=O) groups excluding carboxylic acids is 2. The van der Waals surface area contributed by atoms with Crippen LogP contribution in [-0.2, 0) is 0 Å². The highest BCUT2D eigenvalue weighted by molar-refractivity contribution is 6.33. The van der Waals surface area contributed by atoms with Gasteiger partial charge in [0.15, 0.2) is 0 Å². The fraction of sp³-hybridized carbons (Fsp3) is 0.190. The van der Waals surface area contributed by atoms with E-state index in [1.54, 1.807) is 29.2 Å². The number of nitrogens with one attached hydrogen (secondary N) is 3. The summed E-state index contributed by atoms with van der Waals surface area (Å²) < 4.78 is 19.7. The molecule has 0 spiro atoms. The van der Waals surface area contributed by atoms with Gasteiger partial charge in [-0.25, -0.2) is 24.0 Å². The van der Waals surface area contributed by atoms with Gasteiger partial charge in [0.1, 0.15) is 22.6 Å². The average Bonchev–Trinajstić information content (AvgIpc) is 3.39. The molecule has 3 aliphatic rings. The van der Waals surface area contributed by atoms with Gasteiger partial charge in [-0.1, -0.05) is 17.7 Å². The molecule has 0 aliphatic carbocycles. The van der Waals surface area contributed by atoms with Crippen LogP contribution in [0.4, 0.5) is 19.7 Å². The fourth-order valence-electron chi connectivity index (χ4n) is 4.51. The van der Waals surface area contributed by atoms with Crippen LogP contribution in [0.15, 0.2) is 51.8 Å². The summed E-state index contributed by atoms with van der Waals surface area (Å²) in [6.45, 7) is 0. The maximum Gasteiger partial charge on any atom is 0.339 e. The number of halogens is 2. The van der Waals surface area contributed by atoms with Crippen molar-refractivity contribution < 1.29 is 18.6 Å². The minimum atomic E-state index is -0.634. The molecule has 4 amide bonds. The zero-order valence-electron chi connectivity index (χ0n) is 16.8. The van der Waals surface area contributed by atoms with E-state index in [0.717, 1.165) is 0 Å². The van der Waals surface area contributed by atoms with Gasteiger partial charge in [-0.15, -0.1) is 0 Å². The number of nitrogens with zero attached hydrogens (tertiary/aromatic N) is 4. The van der Waals surface area contributed by atoms with Crippen LogP contribution in [0, 0.1) is 5.82 Å². The molecule has 10 nitrogen and oxygen atoms in total. The van der Waals surface area contributed by atoms with Gasteiger partial charge in [-0.05, 0) is 59.1 Å². The van der Waals surface area contributed by atoms with E-state index in [0.29, 0.717) is 46.4 Å². The number of hydrogen-bond acceptors (Lipinski definition) is 6. The standard InChI is InChI=1S/C21H15ClFN7O3/c22-12-8-15(13(23)7-11(12)9-1-3-14-16(5-9)29-33-28-14)25-21(32)30-10-2-4-18(30)19-17(6-10)24-20(31)27-26-19/h1,3,5-8,10,18H,2,4H2,(H,25,32)(H2,24,27,31). The molecule has 0 radical (unpaired) electrons. The molecule has 2 atom stereocenters. The van der Waals surface area contributed by atoms with Gasteiger partial charge < -0.3 is 15.5 Å². The number of anilines is 1. The van der Waals surface area contributed by atoms with Crippen LogP contribution in [-0.4, -0.2) is 45.1 Å². The minimum Gasteiger partial charge on any atom is -0.309 e. The first-order valence-electron chi connectivity index (χ1n) is 10.2. The van der Waals surface area contributed by atoms with Crippen molar-refractivity contribution in [2.75, 3.05) is 5.32 Å². The zero-order valence-corrected chi connectivity index (χ0v) is 17.6. The molecule has 2 unspecified atom stereocenters. The van der Waals surface area contributed by atoms with Gasteiger partial charge in [-0.2, -0.15) is 5.10 Å². The van der Waals surface area contributed by atoms with Gasteiger partial charge in [0.2, 0.25) is 0 Å². The molecule has 3 N–H and O–H groups in total. The highest BCUT2D eigenvalue weighted by atomic mass is 35.5. The van der Waals surface area contributed by atoms with Gasteiger partial charge in [0, 0.05) is 5.56 Å². The molecule has 3 aromatic rings. The first-order valence-corrected chi connectivity index (χ1v) is 10.5. The van der Waals surface area contributed by atoms with E-state index < -0.39 is 17.9 Å². The Bertz CT molecular complexity index is 1400. The lowest BCUT2D eigenvalue weighted by atomic mass is 10.0. The largest absolute Gasteiger partial charge is 0.339 e. The number of hydrogen-bond donors (Lipinski definition) is 3. The van der Waals surface area contributed by atoms with Crippen molar-refractivity contribution in [2.24, 2.45) is 5.10 Å². The number of rotatable bonds is 2. The molecular weight excluding hydrogens is 453 g/mol. The number of urea groups is 2. The highest BCUT2D eigenvalue weighted by Gasteiger charge is 2.45. The van der Waals surface area contributed by atoms with E-state index in [1.807, 2.05) is 0 Å². The molecule has 1 saturated heterocycles. The van der Waals surface area contributed by atoms with Crippen molar-refractivity contribution in [1.29, 1.82) is 0 Å². The molecule has 2 aromatic carbocycles. The first kappa shape index (κ1) is 19.7. The number of aromatic nitrogens is 2. The monoisotopic (exact) mass is 467 g/mol. The Labute approximate surface area is 190 Å². The second-order valence-corrected chi connectivity index (χ2v) is 8.33. The zero-order chi connectivity index (χ0) is 22.7. The normalized spacial score (nSPS) is 21.2. The predicted octanol–water partition coefficient (Wildman–Crippen LogP) is 3.61. The molecule has 0 saturated carbocycles. The van der Waals surface area contributed by atoms with Gasteiger partial charge in [-0.3, -0.25) is 0 Å². The lowest BCUT2D eigenvalue weighted by molar-refractivity contribution is 0.205. The summed E-state index contributed by atoms with van der Waals surface area (Å²) in [6, 6.07) is 6.31. The maximum absolute atomic E-state index is 15.0. The maximum atomic E-state index is 15.0. The number of carbonyl (C=O) groups is 2. The van der Waals surface area contributed by atoms with Crippen LogP contribution in [0.5, 0.6) is 0 Å². The molecule has 166 valence electrons. The number of benzene rings is 2. The van der Waals surface area contributed by atoms with Crippen molar-refractivity contribution in [1.82, 2.24) is 26.0 Å². The highest BCUT2D eigenvalue weighted by Crippen LogP contribution is 2.36. The molecule has 4 heterocycles. The van der Waals surface area contributed by atoms with Crippen molar-refractivity contribution in [2.45, 2.75) is 24.9 Å². The predicted molar refractivity (Wildman–Crippen MR) is 117 cm³/mol. The van der Waals surface area contributed by atoms with Gasteiger partial charge in [0.25, 0.3) is 0 Å². The SMILES string of the molecule is O=C1NN=C2C(=CC3CCC2N3C(=O)Nc2cc(Cl)c(-c3ccc4nonc4c3)cc2F)N1. The van der Waals surface area contributed by atoms with Crippen LogP contribution in [0.2, 0.25) is 5.02 Å². The summed E-state index contributed by atoms with van der Waals surface area (Å²) in [5.74, 6) is -0.634. The number of hydrazone groups is 1.